The number of hydrogen-bond donors (Lipinski definition) is 0. The van der Waals surface area contributed by atoms with Gasteiger partial charge in [-0.2, -0.15) is 13.2 Å². The number of carbonyl (C=O) groups excluding carboxylic acids is 1. The number of halogens is 4. The van der Waals surface area contributed by atoms with E-state index in [-0.39, 0.29) is 22.4 Å². The van der Waals surface area contributed by atoms with E-state index in [1.807, 2.05) is 0 Å². The molecule has 1 aromatic heterocycles. The zero-order chi connectivity index (χ0) is 16.3. The average Bonchev–Trinajstić information content (AvgIpc) is 2.48. The molecule has 1 aromatic carbocycles. The summed E-state index contributed by atoms with van der Waals surface area (Å²) < 4.78 is 48.0. The second-order valence-electron chi connectivity index (χ2n) is 4.14. The van der Waals surface area contributed by atoms with Crippen LogP contribution in [0.3, 0.4) is 0 Å². The minimum absolute atomic E-state index is 0.169. The molecule has 8 heteroatoms. The summed E-state index contributed by atoms with van der Waals surface area (Å²) in [7, 11) is 1.36. The van der Waals surface area contributed by atoms with Crippen molar-refractivity contribution in [1.82, 2.24) is 4.98 Å². The summed E-state index contributed by atoms with van der Waals surface area (Å²) in [6, 6.07) is 5.03. The van der Waals surface area contributed by atoms with Crippen molar-refractivity contribution >= 4 is 17.9 Å². The Bertz CT molecular complexity index is 704. The first-order valence-electron chi connectivity index (χ1n) is 5.89. The minimum atomic E-state index is -4.54. The second kappa shape index (κ2) is 6.23. The van der Waals surface area contributed by atoms with Crippen molar-refractivity contribution in [2.24, 2.45) is 0 Å². The van der Waals surface area contributed by atoms with Crippen LogP contribution in [0, 0.1) is 0 Å². The molecule has 0 saturated heterocycles. The Morgan fingerprint density at radius 2 is 1.95 bits per heavy atom. The summed E-state index contributed by atoms with van der Waals surface area (Å²) in [6.45, 7) is 0. The van der Waals surface area contributed by atoms with Crippen molar-refractivity contribution < 1.29 is 27.4 Å². The van der Waals surface area contributed by atoms with Gasteiger partial charge in [-0.15, -0.1) is 0 Å². The summed E-state index contributed by atoms with van der Waals surface area (Å²) in [5.74, 6) is 0.191. The zero-order valence-corrected chi connectivity index (χ0v) is 11.9. The number of nitrogens with zero attached hydrogens (tertiary/aromatic N) is 1. The maximum atomic E-state index is 12.5. The molecule has 0 amide bonds. The van der Waals surface area contributed by atoms with Crippen molar-refractivity contribution in [3.63, 3.8) is 0 Å². The molecule has 4 nitrogen and oxygen atoms in total. The van der Waals surface area contributed by atoms with Gasteiger partial charge in [-0.3, -0.25) is 4.79 Å². The Morgan fingerprint density at radius 3 is 2.50 bits per heavy atom. The van der Waals surface area contributed by atoms with Crippen LogP contribution >= 0.6 is 11.6 Å². The number of aldehydes is 1. The Kier molecular flexibility index (Phi) is 4.56. The molecule has 0 atom stereocenters. The van der Waals surface area contributed by atoms with Gasteiger partial charge in [-0.25, -0.2) is 4.98 Å². The Balaban J connectivity index is 2.33. The molecule has 0 aliphatic rings. The minimum Gasteiger partial charge on any atom is -0.493 e. The van der Waals surface area contributed by atoms with E-state index >= 15 is 0 Å². The zero-order valence-electron chi connectivity index (χ0n) is 11.1. The molecule has 0 spiro atoms. The number of hydrogen-bond acceptors (Lipinski definition) is 4. The van der Waals surface area contributed by atoms with E-state index in [2.05, 4.69) is 4.98 Å². The maximum absolute atomic E-state index is 12.5. The van der Waals surface area contributed by atoms with Crippen molar-refractivity contribution in [1.29, 1.82) is 0 Å². The van der Waals surface area contributed by atoms with Gasteiger partial charge >= 0.3 is 6.18 Å². The van der Waals surface area contributed by atoms with Crippen molar-refractivity contribution in [2.45, 2.75) is 6.18 Å². The maximum Gasteiger partial charge on any atom is 0.417 e. The molecule has 0 fully saturated rings. The summed E-state index contributed by atoms with van der Waals surface area (Å²) in [4.78, 5) is 14.3. The van der Waals surface area contributed by atoms with Gasteiger partial charge in [0.05, 0.1) is 12.7 Å². The van der Waals surface area contributed by atoms with E-state index in [0.717, 1.165) is 6.07 Å². The molecule has 0 aliphatic carbocycles. The van der Waals surface area contributed by atoms with Crippen LogP contribution < -0.4 is 9.47 Å². The van der Waals surface area contributed by atoms with Crippen LogP contribution in [0.15, 0.2) is 30.5 Å². The van der Waals surface area contributed by atoms with Crippen LogP contribution in [-0.4, -0.2) is 18.4 Å². The number of pyridine rings is 1. The third-order valence-electron chi connectivity index (χ3n) is 2.67. The summed E-state index contributed by atoms with van der Waals surface area (Å²) in [6.07, 6.45) is -3.30. The SMILES string of the molecule is COc1cc(C=O)ccc1Oc1ncc(C(F)(F)F)cc1Cl. The van der Waals surface area contributed by atoms with Crippen molar-refractivity contribution in [3.05, 3.63) is 46.6 Å². The van der Waals surface area contributed by atoms with E-state index in [9.17, 15) is 18.0 Å². The Labute approximate surface area is 128 Å². The molecule has 0 aliphatic heterocycles. The molecule has 0 unspecified atom stereocenters. The first-order chi connectivity index (χ1) is 10.3. The quantitative estimate of drug-likeness (QED) is 0.781. The third kappa shape index (κ3) is 3.48. The largest absolute Gasteiger partial charge is 0.493 e. The highest BCUT2D eigenvalue weighted by molar-refractivity contribution is 6.31. The molecule has 22 heavy (non-hydrogen) atoms. The Morgan fingerprint density at radius 1 is 1.23 bits per heavy atom. The number of ether oxygens (including phenoxy) is 2. The molecule has 2 rings (SSSR count). The van der Waals surface area contributed by atoms with Gasteiger partial charge in [0.15, 0.2) is 11.5 Å². The second-order valence-corrected chi connectivity index (χ2v) is 4.55. The molecule has 0 bridgehead atoms. The molecule has 0 saturated carbocycles. The van der Waals surface area contributed by atoms with Gasteiger partial charge in [0.1, 0.15) is 11.3 Å². The fourth-order valence-corrected chi connectivity index (χ4v) is 1.81. The highest BCUT2D eigenvalue weighted by Gasteiger charge is 2.31. The summed E-state index contributed by atoms with van der Waals surface area (Å²) >= 11 is 5.75. The molecule has 0 N–H and O–H groups in total. The van der Waals surface area contributed by atoms with Crippen LogP contribution in [-0.2, 0) is 6.18 Å². The lowest BCUT2D eigenvalue weighted by Gasteiger charge is -2.12. The summed E-state index contributed by atoms with van der Waals surface area (Å²) in [5, 5.41) is -0.295. The standard InChI is InChI=1S/C14H9ClF3NO3/c1-21-12-4-8(7-20)2-3-11(12)22-13-10(15)5-9(6-19-13)14(16,17)18/h2-7H,1H3. The first kappa shape index (κ1) is 16.1. The van der Waals surface area contributed by atoms with Gasteiger partial charge in [0, 0.05) is 11.8 Å². The molecule has 0 radical (unpaired) electrons. The molecule has 2 aromatic rings. The Hall–Kier alpha value is -2.28. The van der Waals surface area contributed by atoms with Crippen LogP contribution in [0.5, 0.6) is 17.4 Å². The highest BCUT2D eigenvalue weighted by Crippen LogP contribution is 2.37. The summed E-state index contributed by atoms with van der Waals surface area (Å²) in [5.41, 5.74) is -0.621. The van der Waals surface area contributed by atoms with Crippen LogP contribution in [0.2, 0.25) is 5.02 Å². The molecule has 1 heterocycles. The van der Waals surface area contributed by atoms with E-state index in [1.54, 1.807) is 0 Å². The van der Waals surface area contributed by atoms with Gasteiger partial charge in [-0.1, -0.05) is 11.6 Å². The number of methoxy groups -OCH3 is 1. The lowest BCUT2D eigenvalue weighted by molar-refractivity contribution is -0.137. The molecule has 116 valence electrons. The van der Waals surface area contributed by atoms with E-state index in [0.29, 0.717) is 18.0 Å². The fourth-order valence-electron chi connectivity index (χ4n) is 1.60. The van der Waals surface area contributed by atoms with E-state index in [4.69, 9.17) is 21.1 Å². The van der Waals surface area contributed by atoms with Gasteiger partial charge in [0.2, 0.25) is 5.88 Å². The topological polar surface area (TPSA) is 48.4 Å². The lowest BCUT2D eigenvalue weighted by atomic mass is 10.2. The number of aromatic nitrogens is 1. The number of benzene rings is 1. The van der Waals surface area contributed by atoms with Gasteiger partial charge < -0.3 is 9.47 Å². The highest BCUT2D eigenvalue weighted by atomic mass is 35.5. The van der Waals surface area contributed by atoms with Crippen molar-refractivity contribution in [2.75, 3.05) is 7.11 Å². The van der Waals surface area contributed by atoms with Crippen LogP contribution in [0.1, 0.15) is 15.9 Å². The number of carbonyl (C=O) groups is 1. The molecular weight excluding hydrogens is 323 g/mol. The normalized spacial score (nSPS) is 11.1. The predicted octanol–water partition coefficient (Wildman–Crippen LogP) is 4.37. The monoisotopic (exact) mass is 331 g/mol. The molecular formula is C14H9ClF3NO3. The first-order valence-corrected chi connectivity index (χ1v) is 6.26. The third-order valence-corrected chi connectivity index (χ3v) is 2.94. The fraction of sp³-hybridized carbons (Fsp3) is 0.143. The van der Waals surface area contributed by atoms with Gasteiger partial charge in [0.25, 0.3) is 0 Å². The van der Waals surface area contributed by atoms with Crippen LogP contribution in [0.25, 0.3) is 0 Å². The van der Waals surface area contributed by atoms with Gasteiger partial charge in [-0.05, 0) is 24.3 Å². The lowest BCUT2D eigenvalue weighted by Crippen LogP contribution is -2.06. The predicted molar refractivity (Wildman–Crippen MR) is 72.7 cm³/mol. The smallest absolute Gasteiger partial charge is 0.417 e. The van der Waals surface area contributed by atoms with Crippen molar-refractivity contribution in [3.8, 4) is 17.4 Å². The number of rotatable bonds is 4. The average molecular weight is 332 g/mol. The van der Waals surface area contributed by atoms with E-state index < -0.39 is 11.7 Å². The number of alkyl halides is 3. The van der Waals surface area contributed by atoms with E-state index in [1.165, 1.54) is 25.3 Å². The van der Waals surface area contributed by atoms with Crippen LogP contribution in [0.4, 0.5) is 13.2 Å².